The summed E-state index contributed by atoms with van der Waals surface area (Å²) < 4.78 is 15.9. The molecule has 0 atom stereocenters. The van der Waals surface area contributed by atoms with Crippen molar-refractivity contribution in [1.29, 1.82) is 0 Å². The van der Waals surface area contributed by atoms with Crippen LogP contribution >= 0.6 is 0 Å². The molecule has 0 radical (unpaired) electrons. The number of fused-ring (bicyclic) bond motifs is 1. The molecule has 2 aromatic carbocycles. The first-order chi connectivity index (χ1) is 12.3. The van der Waals surface area contributed by atoms with Gasteiger partial charge < -0.3 is 24.8 Å². The molecule has 0 fully saturated rings. The molecule has 2 amide bonds. The molecule has 0 unspecified atom stereocenters. The molecule has 0 aliphatic carbocycles. The number of carbonyl (C=O) groups is 1. The average Bonchev–Trinajstić information content (AvgIpc) is 3.10. The minimum Gasteiger partial charge on any atom is -0.496 e. The van der Waals surface area contributed by atoms with Crippen molar-refractivity contribution in [3.63, 3.8) is 0 Å². The fraction of sp³-hybridized carbons (Fsp3) is 0.316. The molecule has 0 saturated heterocycles. The van der Waals surface area contributed by atoms with E-state index in [1.165, 1.54) is 0 Å². The molecule has 0 aromatic heterocycles. The van der Waals surface area contributed by atoms with Crippen molar-refractivity contribution >= 4 is 6.03 Å². The molecule has 1 aliphatic heterocycles. The molecule has 2 aromatic rings. The number of amides is 2. The number of hydrogen-bond acceptors (Lipinski definition) is 4. The van der Waals surface area contributed by atoms with Gasteiger partial charge in [0.1, 0.15) is 5.75 Å². The summed E-state index contributed by atoms with van der Waals surface area (Å²) in [6, 6.07) is 13.5. The topological polar surface area (TPSA) is 68.8 Å². The van der Waals surface area contributed by atoms with E-state index in [0.29, 0.717) is 13.1 Å². The molecule has 0 spiro atoms. The smallest absolute Gasteiger partial charge is 0.314 e. The number of para-hydroxylation sites is 1. The summed E-state index contributed by atoms with van der Waals surface area (Å²) in [4.78, 5) is 11.9. The summed E-state index contributed by atoms with van der Waals surface area (Å²) in [5, 5.41) is 5.72. The molecule has 132 valence electrons. The first-order valence-corrected chi connectivity index (χ1v) is 8.28. The minimum atomic E-state index is -0.171. The molecule has 1 heterocycles. The Kier molecular flexibility index (Phi) is 5.61. The van der Waals surface area contributed by atoms with Gasteiger partial charge in [-0.2, -0.15) is 0 Å². The zero-order valence-electron chi connectivity index (χ0n) is 14.2. The van der Waals surface area contributed by atoms with Crippen molar-refractivity contribution in [3.8, 4) is 17.2 Å². The van der Waals surface area contributed by atoms with Crippen LogP contribution in [0.4, 0.5) is 4.79 Å². The number of rotatable bonds is 7. The lowest BCUT2D eigenvalue weighted by Crippen LogP contribution is -2.37. The molecule has 0 saturated carbocycles. The first-order valence-electron chi connectivity index (χ1n) is 8.28. The molecule has 25 heavy (non-hydrogen) atoms. The maximum absolute atomic E-state index is 11.9. The minimum absolute atomic E-state index is 0.171. The van der Waals surface area contributed by atoms with E-state index >= 15 is 0 Å². The Morgan fingerprint density at radius 2 is 1.80 bits per heavy atom. The van der Waals surface area contributed by atoms with Crippen LogP contribution in [0.5, 0.6) is 17.2 Å². The second-order valence-electron chi connectivity index (χ2n) is 5.68. The van der Waals surface area contributed by atoms with Crippen LogP contribution in [0, 0.1) is 0 Å². The third-order valence-corrected chi connectivity index (χ3v) is 4.01. The van der Waals surface area contributed by atoms with E-state index in [1.807, 2.05) is 42.5 Å². The third kappa shape index (κ3) is 4.56. The summed E-state index contributed by atoms with van der Waals surface area (Å²) in [6.07, 6.45) is 1.45. The Hall–Kier alpha value is -2.89. The molecular formula is C19H22N2O4. The van der Waals surface area contributed by atoms with Crippen molar-refractivity contribution in [1.82, 2.24) is 10.6 Å². The lowest BCUT2D eigenvalue weighted by Gasteiger charge is -2.10. The van der Waals surface area contributed by atoms with Gasteiger partial charge in [0, 0.05) is 13.1 Å². The van der Waals surface area contributed by atoms with Crippen molar-refractivity contribution in [2.24, 2.45) is 0 Å². The van der Waals surface area contributed by atoms with Gasteiger partial charge in [-0.25, -0.2) is 4.79 Å². The zero-order chi connectivity index (χ0) is 17.5. The Bertz CT molecular complexity index is 733. The van der Waals surface area contributed by atoms with Gasteiger partial charge in [-0.15, -0.1) is 0 Å². The van der Waals surface area contributed by atoms with Crippen molar-refractivity contribution in [3.05, 3.63) is 53.6 Å². The van der Waals surface area contributed by atoms with Gasteiger partial charge in [-0.1, -0.05) is 24.3 Å². The monoisotopic (exact) mass is 342 g/mol. The predicted molar refractivity (Wildman–Crippen MR) is 94.4 cm³/mol. The van der Waals surface area contributed by atoms with Crippen LogP contribution in [0.1, 0.15) is 11.1 Å². The third-order valence-electron chi connectivity index (χ3n) is 4.01. The van der Waals surface area contributed by atoms with Crippen LogP contribution in [0.15, 0.2) is 42.5 Å². The Balaban J connectivity index is 1.37. The quantitative estimate of drug-likeness (QED) is 0.811. The predicted octanol–water partition coefficient (Wildman–Crippen LogP) is 2.51. The second-order valence-corrected chi connectivity index (χ2v) is 5.68. The highest BCUT2D eigenvalue weighted by Crippen LogP contribution is 2.32. The van der Waals surface area contributed by atoms with Crippen LogP contribution in [-0.2, 0) is 12.8 Å². The Labute approximate surface area is 147 Å². The van der Waals surface area contributed by atoms with Gasteiger partial charge in [-0.05, 0) is 42.2 Å². The summed E-state index contributed by atoms with van der Waals surface area (Å²) in [5.74, 6) is 2.37. The van der Waals surface area contributed by atoms with Crippen LogP contribution in [0.3, 0.4) is 0 Å². The van der Waals surface area contributed by atoms with Crippen LogP contribution in [-0.4, -0.2) is 33.0 Å². The van der Waals surface area contributed by atoms with Gasteiger partial charge >= 0.3 is 6.03 Å². The highest BCUT2D eigenvalue weighted by Gasteiger charge is 2.13. The normalized spacial score (nSPS) is 11.9. The highest BCUT2D eigenvalue weighted by molar-refractivity contribution is 5.73. The van der Waals surface area contributed by atoms with Crippen molar-refractivity contribution < 1.29 is 19.0 Å². The van der Waals surface area contributed by atoms with Gasteiger partial charge in [0.25, 0.3) is 0 Å². The number of hydrogen-bond donors (Lipinski definition) is 2. The number of carbonyl (C=O) groups excluding carboxylic acids is 1. The van der Waals surface area contributed by atoms with E-state index < -0.39 is 0 Å². The number of ether oxygens (including phenoxy) is 3. The summed E-state index contributed by atoms with van der Waals surface area (Å²) in [5.41, 5.74) is 2.17. The van der Waals surface area contributed by atoms with E-state index in [9.17, 15) is 4.79 Å². The number of benzene rings is 2. The van der Waals surface area contributed by atoms with E-state index in [0.717, 1.165) is 41.2 Å². The average molecular weight is 342 g/mol. The lowest BCUT2D eigenvalue weighted by molar-refractivity contribution is 0.174. The van der Waals surface area contributed by atoms with Crippen LogP contribution in [0.25, 0.3) is 0 Å². The number of urea groups is 1. The molecule has 3 rings (SSSR count). The fourth-order valence-corrected chi connectivity index (χ4v) is 2.70. The molecule has 6 nitrogen and oxygen atoms in total. The first kappa shape index (κ1) is 17.0. The standard InChI is InChI=1S/C19H22N2O4/c1-23-16-5-3-2-4-15(16)9-11-21-19(22)20-10-8-14-6-7-17-18(12-14)25-13-24-17/h2-7,12H,8-11,13H2,1H3,(H2,20,21,22). The Morgan fingerprint density at radius 1 is 1.04 bits per heavy atom. The maximum atomic E-state index is 11.9. The van der Waals surface area contributed by atoms with Gasteiger partial charge in [0.2, 0.25) is 6.79 Å². The summed E-state index contributed by atoms with van der Waals surface area (Å²) in [7, 11) is 1.65. The maximum Gasteiger partial charge on any atom is 0.314 e. The molecule has 6 heteroatoms. The molecule has 2 N–H and O–H groups in total. The van der Waals surface area contributed by atoms with Gasteiger partial charge in [0.15, 0.2) is 11.5 Å². The highest BCUT2D eigenvalue weighted by atomic mass is 16.7. The van der Waals surface area contributed by atoms with Crippen LogP contribution in [0.2, 0.25) is 0 Å². The Morgan fingerprint density at radius 3 is 2.64 bits per heavy atom. The van der Waals surface area contributed by atoms with Crippen molar-refractivity contribution in [2.75, 3.05) is 27.0 Å². The largest absolute Gasteiger partial charge is 0.496 e. The second kappa shape index (κ2) is 8.28. The zero-order valence-corrected chi connectivity index (χ0v) is 14.2. The van der Waals surface area contributed by atoms with E-state index in [-0.39, 0.29) is 12.8 Å². The SMILES string of the molecule is COc1ccccc1CCNC(=O)NCCc1ccc2c(c1)OCO2. The van der Waals surface area contributed by atoms with Gasteiger partial charge in [0.05, 0.1) is 7.11 Å². The van der Waals surface area contributed by atoms with E-state index in [2.05, 4.69) is 10.6 Å². The van der Waals surface area contributed by atoms with E-state index in [1.54, 1.807) is 7.11 Å². The van der Waals surface area contributed by atoms with Crippen LogP contribution < -0.4 is 24.8 Å². The summed E-state index contributed by atoms with van der Waals surface area (Å²) >= 11 is 0. The lowest BCUT2D eigenvalue weighted by atomic mass is 10.1. The number of methoxy groups -OCH3 is 1. The number of nitrogens with one attached hydrogen (secondary N) is 2. The molecule has 0 bridgehead atoms. The van der Waals surface area contributed by atoms with E-state index in [4.69, 9.17) is 14.2 Å². The summed E-state index contributed by atoms with van der Waals surface area (Å²) in [6.45, 7) is 1.38. The molecule has 1 aliphatic rings. The fourth-order valence-electron chi connectivity index (χ4n) is 2.70. The molecular weight excluding hydrogens is 320 g/mol. The van der Waals surface area contributed by atoms with Gasteiger partial charge in [-0.3, -0.25) is 0 Å². The van der Waals surface area contributed by atoms with Crippen molar-refractivity contribution in [2.45, 2.75) is 12.8 Å².